The fraction of sp³-hybridized carbons (Fsp3) is 0.250. The van der Waals surface area contributed by atoms with E-state index in [-0.39, 0.29) is 11.6 Å². The van der Waals surface area contributed by atoms with Crippen LogP contribution in [0.3, 0.4) is 0 Å². The van der Waals surface area contributed by atoms with Gasteiger partial charge in [0.1, 0.15) is 11.5 Å². The first-order valence-corrected chi connectivity index (χ1v) is 10.6. The Morgan fingerprint density at radius 2 is 2.10 bits per heavy atom. The summed E-state index contributed by atoms with van der Waals surface area (Å²) >= 11 is 1.36. The number of carbonyl (C=O) groups is 3. The molecular weight excluding hydrogens is 418 g/mol. The smallest absolute Gasteiger partial charge is 0.326 e. The Hall–Kier alpha value is -3.73. The summed E-state index contributed by atoms with van der Waals surface area (Å²) in [6.45, 7) is 0. The Balaban J connectivity index is 1.60. The largest absolute Gasteiger partial charge is 0.367 e. The summed E-state index contributed by atoms with van der Waals surface area (Å²) in [5.41, 5.74) is 2.77. The molecule has 0 bridgehead atoms. The number of hydrogen-bond donors (Lipinski definition) is 3. The van der Waals surface area contributed by atoms with Crippen molar-refractivity contribution in [2.75, 3.05) is 19.4 Å². The Morgan fingerprint density at radius 3 is 2.77 bits per heavy atom. The van der Waals surface area contributed by atoms with Gasteiger partial charge in [0.15, 0.2) is 5.65 Å². The van der Waals surface area contributed by atoms with E-state index >= 15 is 0 Å². The van der Waals surface area contributed by atoms with Crippen molar-refractivity contribution < 1.29 is 14.4 Å². The highest BCUT2D eigenvalue weighted by Crippen LogP contribution is 2.31. The normalized spacial score (nSPS) is 17.2. The third-order valence-electron chi connectivity index (χ3n) is 4.96. The Bertz CT molecular complexity index is 1270. The second kappa shape index (κ2) is 7.20. The van der Waals surface area contributed by atoms with Crippen LogP contribution in [0.15, 0.2) is 29.4 Å². The lowest BCUT2D eigenvalue weighted by atomic mass is 10.2. The predicted octanol–water partition coefficient (Wildman–Crippen LogP) is 1.91. The molecule has 10 nitrogen and oxygen atoms in total. The first-order valence-electron chi connectivity index (χ1n) is 9.69. The molecule has 2 fully saturated rings. The lowest BCUT2D eigenvalue weighted by Gasteiger charge is -2.10. The number of aromatic nitrogens is 3. The van der Waals surface area contributed by atoms with E-state index < -0.39 is 11.9 Å². The summed E-state index contributed by atoms with van der Waals surface area (Å²) < 4.78 is 1.68. The Kier molecular flexibility index (Phi) is 4.47. The third-order valence-corrected chi connectivity index (χ3v) is 5.88. The van der Waals surface area contributed by atoms with Gasteiger partial charge in [-0.3, -0.25) is 14.9 Å². The number of carbonyl (C=O) groups excluding carboxylic acids is 3. The van der Waals surface area contributed by atoms with E-state index in [1.807, 2.05) is 17.5 Å². The van der Waals surface area contributed by atoms with Crippen LogP contribution in [0.25, 0.3) is 23.0 Å². The van der Waals surface area contributed by atoms with Gasteiger partial charge in [0.2, 0.25) is 0 Å². The fourth-order valence-corrected chi connectivity index (χ4v) is 4.13. The van der Waals surface area contributed by atoms with E-state index in [9.17, 15) is 14.4 Å². The van der Waals surface area contributed by atoms with Crippen LogP contribution in [0.4, 0.5) is 10.6 Å². The van der Waals surface area contributed by atoms with Gasteiger partial charge in [-0.05, 0) is 25.0 Å². The van der Waals surface area contributed by atoms with Crippen LogP contribution < -0.4 is 16.0 Å². The quantitative estimate of drug-likeness (QED) is 0.414. The molecule has 0 spiro atoms. The van der Waals surface area contributed by atoms with Crippen molar-refractivity contribution in [1.82, 2.24) is 30.1 Å². The van der Waals surface area contributed by atoms with E-state index in [4.69, 9.17) is 4.98 Å². The number of rotatable bonds is 5. The number of thiophene rings is 1. The maximum atomic E-state index is 12.3. The molecule has 158 valence electrons. The fourth-order valence-electron chi connectivity index (χ4n) is 3.21. The van der Waals surface area contributed by atoms with Gasteiger partial charge in [-0.1, -0.05) is 0 Å². The second-order valence-electron chi connectivity index (χ2n) is 7.65. The van der Waals surface area contributed by atoms with Crippen molar-refractivity contribution in [2.45, 2.75) is 18.9 Å². The van der Waals surface area contributed by atoms with Crippen LogP contribution in [0.2, 0.25) is 0 Å². The van der Waals surface area contributed by atoms with E-state index in [1.165, 1.54) is 16.2 Å². The van der Waals surface area contributed by atoms with Crippen molar-refractivity contribution in [1.29, 1.82) is 0 Å². The first kappa shape index (κ1) is 19.2. The molecular formula is C20H19N7O3S. The molecule has 4 amide bonds. The molecule has 1 aliphatic heterocycles. The molecule has 1 saturated heterocycles. The molecule has 1 saturated carbocycles. The summed E-state index contributed by atoms with van der Waals surface area (Å²) in [6, 6.07) is 3.56. The van der Waals surface area contributed by atoms with Crippen LogP contribution in [-0.4, -0.2) is 57.5 Å². The number of amides is 4. The molecule has 3 aromatic rings. The SMILES string of the molecule is CN(C)C(=O)c1cc(-c2cc(NC3CC3)n3ncc(/C=C4\NC(=O)NC4=O)c3n2)cs1. The van der Waals surface area contributed by atoms with Crippen molar-refractivity contribution in [3.05, 3.63) is 39.8 Å². The zero-order chi connectivity index (χ0) is 21.7. The van der Waals surface area contributed by atoms with Crippen LogP contribution in [0.1, 0.15) is 28.1 Å². The average molecular weight is 437 g/mol. The summed E-state index contributed by atoms with van der Waals surface area (Å²) in [7, 11) is 3.43. The molecule has 0 aromatic carbocycles. The van der Waals surface area contributed by atoms with E-state index in [1.54, 1.807) is 30.9 Å². The van der Waals surface area contributed by atoms with Crippen molar-refractivity contribution in [3.8, 4) is 11.3 Å². The van der Waals surface area contributed by atoms with Gasteiger partial charge in [-0.15, -0.1) is 11.3 Å². The van der Waals surface area contributed by atoms with E-state index in [2.05, 4.69) is 21.0 Å². The number of fused-ring (bicyclic) bond motifs is 1. The number of hydrogen-bond acceptors (Lipinski definition) is 7. The highest BCUT2D eigenvalue weighted by atomic mass is 32.1. The van der Waals surface area contributed by atoms with E-state index in [0.29, 0.717) is 27.8 Å². The minimum Gasteiger partial charge on any atom is -0.367 e. The van der Waals surface area contributed by atoms with Gasteiger partial charge in [0.05, 0.1) is 16.8 Å². The van der Waals surface area contributed by atoms with Crippen molar-refractivity contribution in [3.63, 3.8) is 0 Å². The number of urea groups is 1. The standard InChI is InChI=1S/C20H19N7O3S/c1-26(2)19(29)15-6-11(9-31-15)13-7-16(22-12-3-4-12)27-17(23-13)10(8-21-27)5-14-18(28)25-20(30)24-14/h5-9,12,22H,3-4H2,1-2H3,(H2,24,25,28,30)/b14-5-. The molecule has 2 aliphatic rings. The monoisotopic (exact) mass is 437 g/mol. The third kappa shape index (κ3) is 3.63. The van der Waals surface area contributed by atoms with E-state index in [0.717, 1.165) is 24.2 Å². The molecule has 5 rings (SSSR count). The van der Waals surface area contributed by atoms with Gasteiger partial charge in [0.25, 0.3) is 11.8 Å². The zero-order valence-corrected chi connectivity index (χ0v) is 17.6. The van der Waals surface area contributed by atoms with Gasteiger partial charge >= 0.3 is 6.03 Å². The Morgan fingerprint density at radius 1 is 1.29 bits per heavy atom. The minimum absolute atomic E-state index is 0.0635. The number of nitrogens with zero attached hydrogens (tertiary/aromatic N) is 4. The molecule has 1 aliphatic carbocycles. The van der Waals surface area contributed by atoms with Crippen LogP contribution in [0.5, 0.6) is 0 Å². The average Bonchev–Trinajstić information content (AvgIpc) is 3.12. The molecule has 0 radical (unpaired) electrons. The molecule has 3 N–H and O–H groups in total. The van der Waals surface area contributed by atoms with Gasteiger partial charge < -0.3 is 15.5 Å². The molecule has 0 unspecified atom stereocenters. The number of anilines is 1. The maximum absolute atomic E-state index is 12.3. The molecule has 11 heteroatoms. The van der Waals surface area contributed by atoms with Crippen LogP contribution in [0, 0.1) is 0 Å². The van der Waals surface area contributed by atoms with Gasteiger partial charge in [-0.2, -0.15) is 9.61 Å². The van der Waals surface area contributed by atoms with Crippen molar-refractivity contribution >= 4 is 46.7 Å². The van der Waals surface area contributed by atoms with Gasteiger partial charge in [0, 0.05) is 42.7 Å². The summed E-state index contributed by atoms with van der Waals surface area (Å²) in [6.07, 6.45) is 5.32. The lowest BCUT2D eigenvalue weighted by Crippen LogP contribution is -2.22. The molecule has 0 atom stereocenters. The first-order chi connectivity index (χ1) is 14.9. The van der Waals surface area contributed by atoms with Crippen LogP contribution >= 0.6 is 11.3 Å². The minimum atomic E-state index is -0.561. The molecule has 3 aromatic heterocycles. The van der Waals surface area contributed by atoms with Crippen molar-refractivity contribution in [2.24, 2.45) is 0 Å². The predicted molar refractivity (Wildman–Crippen MR) is 116 cm³/mol. The number of nitrogens with one attached hydrogen (secondary N) is 3. The van der Waals surface area contributed by atoms with Crippen LogP contribution in [-0.2, 0) is 4.79 Å². The molecule has 4 heterocycles. The summed E-state index contributed by atoms with van der Waals surface area (Å²) in [4.78, 5) is 42.5. The zero-order valence-electron chi connectivity index (χ0n) is 16.8. The second-order valence-corrected chi connectivity index (χ2v) is 8.56. The summed E-state index contributed by atoms with van der Waals surface area (Å²) in [5, 5.41) is 14.4. The lowest BCUT2D eigenvalue weighted by molar-refractivity contribution is -0.115. The topological polar surface area (TPSA) is 121 Å². The van der Waals surface area contributed by atoms with Gasteiger partial charge in [-0.25, -0.2) is 9.78 Å². The number of imide groups is 1. The maximum Gasteiger partial charge on any atom is 0.326 e. The Labute approximate surface area is 180 Å². The summed E-state index contributed by atoms with van der Waals surface area (Å²) in [5.74, 6) is 0.215. The molecule has 31 heavy (non-hydrogen) atoms. The highest BCUT2D eigenvalue weighted by molar-refractivity contribution is 7.12. The highest BCUT2D eigenvalue weighted by Gasteiger charge is 2.25.